The standard InChI is InChI=1S/C12H10BrF2N3OS/c13-9-5(1-2-7(14)10(9)15)11-17-12(19-18-11)6-3-20-4-8(6)16/h1-2,6,8H,3-4,16H2. The minimum Gasteiger partial charge on any atom is -0.339 e. The van der Waals surface area contributed by atoms with Crippen molar-refractivity contribution in [2.24, 2.45) is 5.73 Å². The monoisotopic (exact) mass is 361 g/mol. The molecule has 2 unspecified atom stereocenters. The first-order valence-corrected chi connectivity index (χ1v) is 7.83. The smallest absolute Gasteiger partial charge is 0.232 e. The number of nitrogens with two attached hydrogens (primary N) is 1. The zero-order valence-corrected chi connectivity index (χ0v) is 12.5. The van der Waals surface area contributed by atoms with Gasteiger partial charge in [-0.3, -0.25) is 0 Å². The van der Waals surface area contributed by atoms with Crippen LogP contribution in [0.15, 0.2) is 21.1 Å². The third-order valence-electron chi connectivity index (χ3n) is 3.16. The van der Waals surface area contributed by atoms with E-state index in [0.29, 0.717) is 11.5 Å². The number of hydrogen-bond acceptors (Lipinski definition) is 5. The molecule has 1 aliphatic heterocycles. The van der Waals surface area contributed by atoms with Gasteiger partial charge in [-0.15, -0.1) is 0 Å². The molecule has 0 bridgehead atoms. The molecule has 2 N–H and O–H groups in total. The Morgan fingerprint density at radius 2 is 2.15 bits per heavy atom. The number of thioether (sulfide) groups is 1. The lowest BCUT2D eigenvalue weighted by Gasteiger charge is -2.07. The molecule has 20 heavy (non-hydrogen) atoms. The minimum absolute atomic E-state index is 0.00493. The summed E-state index contributed by atoms with van der Waals surface area (Å²) in [5, 5.41) is 3.83. The first-order valence-electron chi connectivity index (χ1n) is 5.88. The Morgan fingerprint density at radius 1 is 1.35 bits per heavy atom. The molecule has 0 radical (unpaired) electrons. The predicted molar refractivity (Wildman–Crippen MR) is 75.4 cm³/mol. The van der Waals surface area contributed by atoms with Gasteiger partial charge < -0.3 is 10.3 Å². The van der Waals surface area contributed by atoms with Crippen LogP contribution in [0.4, 0.5) is 8.78 Å². The van der Waals surface area contributed by atoms with Crippen LogP contribution in [0.25, 0.3) is 11.4 Å². The fourth-order valence-corrected chi connectivity index (χ4v) is 3.80. The summed E-state index contributed by atoms with van der Waals surface area (Å²) in [7, 11) is 0. The highest BCUT2D eigenvalue weighted by molar-refractivity contribution is 9.10. The van der Waals surface area contributed by atoms with E-state index in [4.69, 9.17) is 10.3 Å². The van der Waals surface area contributed by atoms with Gasteiger partial charge >= 0.3 is 0 Å². The molecular formula is C12H10BrF2N3OS. The van der Waals surface area contributed by atoms with E-state index in [2.05, 4.69) is 26.1 Å². The molecule has 2 atom stereocenters. The second kappa shape index (κ2) is 5.42. The van der Waals surface area contributed by atoms with Crippen molar-refractivity contribution < 1.29 is 13.3 Å². The summed E-state index contributed by atoms with van der Waals surface area (Å²) in [6.07, 6.45) is 0. The Labute approximate surface area is 126 Å². The predicted octanol–water partition coefficient (Wildman–Crippen LogP) is 2.94. The van der Waals surface area contributed by atoms with Crippen molar-refractivity contribution in [1.82, 2.24) is 10.1 Å². The van der Waals surface area contributed by atoms with E-state index in [1.54, 1.807) is 11.8 Å². The number of aromatic nitrogens is 2. The number of benzene rings is 1. The van der Waals surface area contributed by atoms with Crippen LogP contribution < -0.4 is 5.73 Å². The number of rotatable bonds is 2. The van der Waals surface area contributed by atoms with E-state index < -0.39 is 11.6 Å². The molecule has 106 valence electrons. The van der Waals surface area contributed by atoms with Crippen molar-refractivity contribution in [2.75, 3.05) is 11.5 Å². The van der Waals surface area contributed by atoms with Crippen LogP contribution in [0.1, 0.15) is 11.8 Å². The highest BCUT2D eigenvalue weighted by Gasteiger charge is 2.31. The molecule has 8 heteroatoms. The average Bonchev–Trinajstić information content (AvgIpc) is 3.05. The Bertz CT molecular complexity index is 652. The number of nitrogens with zero attached hydrogens (tertiary/aromatic N) is 2. The van der Waals surface area contributed by atoms with Crippen molar-refractivity contribution >= 4 is 27.7 Å². The van der Waals surface area contributed by atoms with Crippen molar-refractivity contribution in [1.29, 1.82) is 0 Å². The molecule has 4 nitrogen and oxygen atoms in total. The maximum Gasteiger partial charge on any atom is 0.232 e. The van der Waals surface area contributed by atoms with Crippen molar-refractivity contribution in [2.45, 2.75) is 12.0 Å². The molecule has 1 aromatic heterocycles. The lowest BCUT2D eigenvalue weighted by Crippen LogP contribution is -2.26. The minimum atomic E-state index is -0.970. The lowest BCUT2D eigenvalue weighted by atomic mass is 10.1. The molecule has 1 saturated heterocycles. The molecule has 0 amide bonds. The van der Waals surface area contributed by atoms with Crippen LogP contribution in [0.5, 0.6) is 0 Å². The maximum atomic E-state index is 13.5. The first kappa shape index (κ1) is 14.0. The Kier molecular flexibility index (Phi) is 3.78. The third-order valence-corrected chi connectivity index (χ3v) is 5.15. The van der Waals surface area contributed by atoms with Gasteiger partial charge in [-0.2, -0.15) is 16.7 Å². The molecule has 2 heterocycles. The molecule has 3 rings (SSSR count). The van der Waals surface area contributed by atoms with Crippen LogP contribution in [0, 0.1) is 11.6 Å². The third kappa shape index (κ3) is 2.36. The summed E-state index contributed by atoms with van der Waals surface area (Å²) in [5.74, 6) is 0.425. The zero-order chi connectivity index (χ0) is 14.3. The van der Waals surface area contributed by atoms with Crippen molar-refractivity contribution in [3.8, 4) is 11.4 Å². The Balaban J connectivity index is 1.96. The molecule has 0 saturated carbocycles. The SMILES string of the molecule is NC1CSCC1c1nc(-c2ccc(F)c(F)c2Br)no1. The molecule has 1 fully saturated rings. The number of halogens is 3. The fraction of sp³-hybridized carbons (Fsp3) is 0.333. The highest BCUT2D eigenvalue weighted by atomic mass is 79.9. The van der Waals surface area contributed by atoms with Crippen LogP contribution in [-0.2, 0) is 0 Å². The van der Waals surface area contributed by atoms with E-state index in [-0.39, 0.29) is 22.3 Å². The lowest BCUT2D eigenvalue weighted by molar-refractivity contribution is 0.352. The van der Waals surface area contributed by atoms with Gasteiger partial charge in [0, 0.05) is 23.1 Å². The summed E-state index contributed by atoms with van der Waals surface area (Å²) in [6.45, 7) is 0. The van der Waals surface area contributed by atoms with Crippen LogP contribution in [0.3, 0.4) is 0 Å². The summed E-state index contributed by atoms with van der Waals surface area (Å²) >= 11 is 4.73. The van der Waals surface area contributed by atoms with Gasteiger partial charge in [-0.1, -0.05) is 5.16 Å². The highest BCUT2D eigenvalue weighted by Crippen LogP contribution is 2.34. The van der Waals surface area contributed by atoms with E-state index in [1.807, 2.05) is 0 Å². The zero-order valence-electron chi connectivity index (χ0n) is 10.1. The fourth-order valence-electron chi connectivity index (χ4n) is 2.02. The van der Waals surface area contributed by atoms with Gasteiger partial charge in [-0.25, -0.2) is 8.78 Å². The van der Waals surface area contributed by atoms with Gasteiger partial charge in [0.15, 0.2) is 11.6 Å². The molecule has 0 spiro atoms. The van der Waals surface area contributed by atoms with Crippen LogP contribution in [-0.4, -0.2) is 27.7 Å². The van der Waals surface area contributed by atoms with Gasteiger partial charge in [-0.05, 0) is 28.1 Å². The Morgan fingerprint density at radius 3 is 2.85 bits per heavy atom. The van der Waals surface area contributed by atoms with Gasteiger partial charge in [0.1, 0.15) is 0 Å². The molecule has 1 aromatic carbocycles. The summed E-state index contributed by atoms with van der Waals surface area (Å²) in [5.41, 5.74) is 6.31. The second-order valence-corrected chi connectivity index (χ2v) is 6.35. The summed E-state index contributed by atoms with van der Waals surface area (Å²) in [4.78, 5) is 4.25. The first-order chi connectivity index (χ1) is 9.58. The summed E-state index contributed by atoms with van der Waals surface area (Å²) in [6, 6.07) is 2.41. The quantitative estimate of drug-likeness (QED) is 0.833. The molecular weight excluding hydrogens is 352 g/mol. The molecule has 1 aliphatic rings. The molecule has 0 aliphatic carbocycles. The second-order valence-electron chi connectivity index (χ2n) is 4.49. The van der Waals surface area contributed by atoms with Crippen molar-refractivity contribution in [3.05, 3.63) is 34.1 Å². The van der Waals surface area contributed by atoms with E-state index >= 15 is 0 Å². The summed E-state index contributed by atoms with van der Waals surface area (Å²) < 4.78 is 31.8. The largest absolute Gasteiger partial charge is 0.339 e. The van der Waals surface area contributed by atoms with E-state index in [0.717, 1.165) is 17.6 Å². The maximum absolute atomic E-state index is 13.5. The van der Waals surface area contributed by atoms with Crippen molar-refractivity contribution in [3.63, 3.8) is 0 Å². The van der Waals surface area contributed by atoms with Gasteiger partial charge in [0.05, 0.1) is 10.4 Å². The van der Waals surface area contributed by atoms with E-state index in [1.165, 1.54) is 6.07 Å². The normalized spacial score (nSPS) is 22.4. The topological polar surface area (TPSA) is 64.9 Å². The molecule has 2 aromatic rings. The Hall–Kier alpha value is -0.990. The average molecular weight is 362 g/mol. The number of hydrogen-bond donors (Lipinski definition) is 1. The van der Waals surface area contributed by atoms with Crippen LogP contribution >= 0.6 is 27.7 Å². The van der Waals surface area contributed by atoms with Gasteiger partial charge in [0.25, 0.3) is 0 Å². The van der Waals surface area contributed by atoms with E-state index in [9.17, 15) is 8.78 Å². The van der Waals surface area contributed by atoms with Gasteiger partial charge in [0.2, 0.25) is 11.7 Å². The van der Waals surface area contributed by atoms with Crippen LogP contribution in [0.2, 0.25) is 0 Å².